The van der Waals surface area contributed by atoms with Crippen LogP contribution in [0.15, 0.2) is 24.3 Å². The second-order valence-corrected chi connectivity index (χ2v) is 5.08. The first kappa shape index (κ1) is 14.1. The van der Waals surface area contributed by atoms with Crippen molar-refractivity contribution >= 4 is 17.3 Å². The summed E-state index contributed by atoms with van der Waals surface area (Å²) in [6.45, 7) is 6.71. The van der Waals surface area contributed by atoms with Crippen LogP contribution < -0.4 is 10.1 Å². The molecule has 1 atom stereocenters. The molecule has 1 saturated heterocycles. The third-order valence-electron chi connectivity index (χ3n) is 3.42. The topological polar surface area (TPSA) is 24.5 Å². The molecule has 0 radical (unpaired) electrons. The van der Waals surface area contributed by atoms with Crippen molar-refractivity contribution in [3.05, 3.63) is 29.8 Å². The number of hydrogen-bond acceptors (Lipinski definition) is 2. The van der Waals surface area contributed by atoms with Crippen molar-refractivity contribution in [2.45, 2.75) is 32.7 Å². The minimum absolute atomic E-state index is 0.405. The van der Waals surface area contributed by atoms with Gasteiger partial charge in [-0.15, -0.1) is 0 Å². The first-order valence-electron chi connectivity index (χ1n) is 7.03. The maximum absolute atomic E-state index is 5.48. The minimum Gasteiger partial charge on any atom is -0.494 e. The molecule has 0 amide bonds. The van der Waals surface area contributed by atoms with E-state index in [0.717, 1.165) is 24.0 Å². The summed E-state index contributed by atoms with van der Waals surface area (Å²) in [4.78, 5) is 2.30. The normalized spacial score (nSPS) is 18.4. The molecule has 1 aliphatic rings. The van der Waals surface area contributed by atoms with E-state index >= 15 is 0 Å². The largest absolute Gasteiger partial charge is 0.494 e. The minimum atomic E-state index is 0.405. The number of nitrogens with zero attached hydrogens (tertiary/aromatic N) is 1. The molecule has 1 aromatic carbocycles. The van der Waals surface area contributed by atoms with Gasteiger partial charge in [-0.3, -0.25) is 0 Å². The molecule has 1 aromatic rings. The van der Waals surface area contributed by atoms with Crippen molar-refractivity contribution in [1.82, 2.24) is 10.2 Å². The standard InChI is InChI=1S/C15H22N2OS/c1-3-16-15(19)17-11-5-6-14(17)12-7-9-13(10-8-12)18-4-2/h7-10,14H,3-6,11H2,1-2H3,(H,16,19)/t14-/m0/s1. The van der Waals surface area contributed by atoms with Gasteiger partial charge < -0.3 is 15.0 Å². The fourth-order valence-corrected chi connectivity index (χ4v) is 2.92. The Labute approximate surface area is 120 Å². The van der Waals surface area contributed by atoms with Gasteiger partial charge in [0.05, 0.1) is 12.6 Å². The summed E-state index contributed by atoms with van der Waals surface area (Å²) in [7, 11) is 0. The highest BCUT2D eigenvalue weighted by molar-refractivity contribution is 7.80. The third kappa shape index (κ3) is 3.38. The highest BCUT2D eigenvalue weighted by Gasteiger charge is 2.27. The van der Waals surface area contributed by atoms with E-state index in [0.29, 0.717) is 12.6 Å². The van der Waals surface area contributed by atoms with Crippen LogP contribution in [0.1, 0.15) is 38.3 Å². The van der Waals surface area contributed by atoms with Crippen LogP contribution in [0.5, 0.6) is 5.75 Å². The van der Waals surface area contributed by atoms with E-state index in [-0.39, 0.29) is 0 Å². The summed E-state index contributed by atoms with van der Waals surface area (Å²) in [6.07, 6.45) is 2.36. The number of likely N-dealkylation sites (tertiary alicyclic amines) is 1. The molecule has 2 rings (SSSR count). The molecule has 0 aliphatic carbocycles. The summed E-state index contributed by atoms with van der Waals surface area (Å²) in [6, 6.07) is 8.81. The summed E-state index contributed by atoms with van der Waals surface area (Å²) in [5.41, 5.74) is 1.32. The lowest BCUT2D eigenvalue weighted by Gasteiger charge is -2.27. The van der Waals surface area contributed by atoms with Crippen LogP contribution in [0.4, 0.5) is 0 Å². The van der Waals surface area contributed by atoms with E-state index in [4.69, 9.17) is 17.0 Å². The Balaban J connectivity index is 2.09. The van der Waals surface area contributed by atoms with E-state index in [1.165, 1.54) is 18.4 Å². The first-order valence-corrected chi connectivity index (χ1v) is 7.44. The molecule has 1 aliphatic heterocycles. The van der Waals surface area contributed by atoms with Crippen LogP contribution in [-0.4, -0.2) is 29.7 Å². The highest BCUT2D eigenvalue weighted by atomic mass is 32.1. The average molecular weight is 278 g/mol. The van der Waals surface area contributed by atoms with Gasteiger partial charge in [0.1, 0.15) is 5.75 Å². The molecule has 0 bridgehead atoms. The number of hydrogen-bond donors (Lipinski definition) is 1. The molecule has 4 heteroatoms. The fourth-order valence-electron chi connectivity index (χ4n) is 2.56. The molecule has 1 heterocycles. The first-order chi connectivity index (χ1) is 9.26. The smallest absolute Gasteiger partial charge is 0.169 e. The van der Waals surface area contributed by atoms with Crippen molar-refractivity contribution in [3.8, 4) is 5.75 Å². The lowest BCUT2D eigenvalue weighted by atomic mass is 10.0. The molecule has 0 saturated carbocycles. The van der Waals surface area contributed by atoms with Crippen LogP contribution in [-0.2, 0) is 0 Å². The van der Waals surface area contributed by atoms with Crippen LogP contribution in [0.3, 0.4) is 0 Å². The van der Waals surface area contributed by atoms with Crippen molar-refractivity contribution in [2.75, 3.05) is 19.7 Å². The van der Waals surface area contributed by atoms with Gasteiger partial charge in [0.2, 0.25) is 0 Å². The Morgan fingerprint density at radius 2 is 2.11 bits per heavy atom. The van der Waals surface area contributed by atoms with Gasteiger partial charge in [-0.25, -0.2) is 0 Å². The summed E-state index contributed by atoms with van der Waals surface area (Å²) in [5, 5.41) is 4.13. The molecule has 19 heavy (non-hydrogen) atoms. The zero-order chi connectivity index (χ0) is 13.7. The number of thiocarbonyl (C=S) groups is 1. The third-order valence-corrected chi connectivity index (χ3v) is 3.80. The van der Waals surface area contributed by atoms with Crippen LogP contribution in [0.25, 0.3) is 0 Å². The van der Waals surface area contributed by atoms with E-state index in [1.807, 2.05) is 19.1 Å². The van der Waals surface area contributed by atoms with E-state index in [1.54, 1.807) is 0 Å². The predicted molar refractivity (Wildman–Crippen MR) is 82.6 cm³/mol. The zero-order valence-electron chi connectivity index (χ0n) is 11.7. The van der Waals surface area contributed by atoms with Crippen molar-refractivity contribution in [2.24, 2.45) is 0 Å². The van der Waals surface area contributed by atoms with Gasteiger partial charge in [-0.1, -0.05) is 12.1 Å². The van der Waals surface area contributed by atoms with Gasteiger partial charge in [-0.05, 0) is 56.6 Å². The molecule has 1 fully saturated rings. The number of ether oxygens (including phenoxy) is 1. The molecule has 0 spiro atoms. The Bertz CT molecular complexity index is 419. The van der Waals surface area contributed by atoms with E-state index in [2.05, 4.69) is 29.3 Å². The monoisotopic (exact) mass is 278 g/mol. The Morgan fingerprint density at radius 1 is 1.37 bits per heavy atom. The second kappa shape index (κ2) is 6.75. The maximum Gasteiger partial charge on any atom is 0.169 e. The van der Waals surface area contributed by atoms with Crippen molar-refractivity contribution in [1.29, 1.82) is 0 Å². The summed E-state index contributed by atoms with van der Waals surface area (Å²) in [5.74, 6) is 0.935. The average Bonchev–Trinajstić information content (AvgIpc) is 2.89. The fraction of sp³-hybridized carbons (Fsp3) is 0.533. The maximum atomic E-state index is 5.48. The predicted octanol–water partition coefficient (Wildman–Crippen LogP) is 3.12. The number of benzene rings is 1. The zero-order valence-corrected chi connectivity index (χ0v) is 12.5. The molecule has 3 nitrogen and oxygen atoms in total. The molecular formula is C15H22N2OS. The van der Waals surface area contributed by atoms with Crippen LogP contribution in [0, 0.1) is 0 Å². The highest BCUT2D eigenvalue weighted by Crippen LogP contribution is 2.32. The van der Waals surface area contributed by atoms with Gasteiger partial charge in [0.25, 0.3) is 0 Å². The molecule has 0 unspecified atom stereocenters. The Kier molecular flexibility index (Phi) is 5.02. The Hall–Kier alpha value is -1.29. The number of nitrogens with one attached hydrogen (secondary N) is 1. The lowest BCUT2D eigenvalue weighted by molar-refractivity contribution is 0.339. The van der Waals surface area contributed by atoms with Crippen molar-refractivity contribution < 1.29 is 4.74 Å². The van der Waals surface area contributed by atoms with Gasteiger partial charge >= 0.3 is 0 Å². The molecule has 104 valence electrons. The summed E-state index contributed by atoms with van der Waals surface area (Å²) < 4.78 is 5.48. The van der Waals surface area contributed by atoms with E-state index in [9.17, 15) is 0 Å². The molecular weight excluding hydrogens is 256 g/mol. The quantitative estimate of drug-likeness (QED) is 0.855. The van der Waals surface area contributed by atoms with Gasteiger partial charge in [0.15, 0.2) is 5.11 Å². The second-order valence-electron chi connectivity index (χ2n) is 4.69. The van der Waals surface area contributed by atoms with Gasteiger partial charge in [0, 0.05) is 13.1 Å². The lowest BCUT2D eigenvalue weighted by Crippen LogP contribution is -2.39. The van der Waals surface area contributed by atoms with Gasteiger partial charge in [-0.2, -0.15) is 0 Å². The van der Waals surface area contributed by atoms with Crippen molar-refractivity contribution in [3.63, 3.8) is 0 Å². The molecule has 1 N–H and O–H groups in total. The number of rotatable bonds is 4. The summed E-state index contributed by atoms with van der Waals surface area (Å²) >= 11 is 5.45. The van der Waals surface area contributed by atoms with Crippen LogP contribution in [0.2, 0.25) is 0 Å². The Morgan fingerprint density at radius 3 is 2.74 bits per heavy atom. The SMILES string of the molecule is CCNC(=S)N1CCC[C@H]1c1ccc(OCC)cc1. The van der Waals surface area contributed by atoms with Crippen LogP contribution >= 0.6 is 12.2 Å². The molecule has 0 aromatic heterocycles. The van der Waals surface area contributed by atoms with E-state index < -0.39 is 0 Å².